The molecule has 0 spiro atoms. The van der Waals surface area contributed by atoms with Crippen LogP contribution in [0.1, 0.15) is 5.69 Å². The lowest BCUT2D eigenvalue weighted by atomic mass is 10.1. The maximum Gasteiger partial charge on any atom is 0.446 e. The maximum atomic E-state index is 12.4. The molecule has 0 fully saturated rings. The first-order chi connectivity index (χ1) is 8.85. The highest BCUT2D eigenvalue weighted by Gasteiger charge is 2.29. The van der Waals surface area contributed by atoms with Gasteiger partial charge in [-0.15, -0.1) is 0 Å². The number of aryl methyl sites for hydroxylation is 1. The van der Waals surface area contributed by atoms with E-state index >= 15 is 0 Å². The molecule has 1 aromatic heterocycles. The van der Waals surface area contributed by atoms with Crippen LogP contribution in [0.5, 0.6) is 0 Å². The molecule has 0 aliphatic heterocycles. The van der Waals surface area contributed by atoms with Crippen LogP contribution in [-0.2, 0) is 0 Å². The molecule has 0 aliphatic carbocycles. The Bertz CT molecular complexity index is 599. The third-order valence-corrected chi connectivity index (χ3v) is 3.39. The number of rotatable bonds is 2. The van der Waals surface area contributed by atoms with E-state index in [1.807, 2.05) is 13.0 Å². The molecule has 19 heavy (non-hydrogen) atoms. The van der Waals surface area contributed by atoms with Crippen LogP contribution in [-0.4, -0.2) is 10.5 Å². The highest BCUT2D eigenvalue weighted by molar-refractivity contribution is 8.00. The van der Waals surface area contributed by atoms with Crippen molar-refractivity contribution in [2.75, 3.05) is 0 Å². The third-order valence-electron chi connectivity index (χ3n) is 2.34. The highest BCUT2D eigenvalue weighted by Crippen LogP contribution is 2.39. The second-order valence-electron chi connectivity index (χ2n) is 3.85. The molecule has 6 heteroatoms. The summed E-state index contributed by atoms with van der Waals surface area (Å²) in [5.74, 6) is 0. The summed E-state index contributed by atoms with van der Waals surface area (Å²) in [4.78, 5) is 4.36. The second-order valence-corrected chi connectivity index (χ2v) is 5.40. The van der Waals surface area contributed by atoms with Crippen LogP contribution < -0.4 is 0 Å². The smallest absolute Gasteiger partial charge is 0.253 e. The molecule has 0 amide bonds. The number of nitrogens with zero attached hydrogens (tertiary/aromatic N) is 1. The van der Waals surface area contributed by atoms with Gasteiger partial charge in [-0.2, -0.15) is 13.2 Å². The van der Waals surface area contributed by atoms with Gasteiger partial charge in [0.15, 0.2) is 0 Å². The molecular formula is C13H9ClF3NS. The Morgan fingerprint density at radius 1 is 1.16 bits per heavy atom. The fourth-order valence-electron chi connectivity index (χ4n) is 1.59. The van der Waals surface area contributed by atoms with Crippen LogP contribution in [0.2, 0.25) is 5.02 Å². The monoisotopic (exact) mass is 303 g/mol. The van der Waals surface area contributed by atoms with Crippen molar-refractivity contribution in [1.29, 1.82) is 0 Å². The molecule has 100 valence electrons. The fourth-order valence-corrected chi connectivity index (χ4v) is 2.39. The van der Waals surface area contributed by atoms with Crippen LogP contribution in [0.25, 0.3) is 11.3 Å². The Balaban J connectivity index is 2.43. The predicted molar refractivity (Wildman–Crippen MR) is 71.3 cm³/mol. The largest absolute Gasteiger partial charge is 0.446 e. The zero-order chi connectivity index (χ0) is 14.0. The van der Waals surface area contributed by atoms with Gasteiger partial charge in [0.05, 0.1) is 10.7 Å². The first kappa shape index (κ1) is 14.2. The average molecular weight is 304 g/mol. The van der Waals surface area contributed by atoms with E-state index in [1.165, 1.54) is 18.2 Å². The lowest BCUT2D eigenvalue weighted by Crippen LogP contribution is -1.99. The minimum atomic E-state index is -4.31. The molecular weight excluding hydrogens is 295 g/mol. The Hall–Kier alpha value is -1.20. The van der Waals surface area contributed by atoms with E-state index in [4.69, 9.17) is 11.6 Å². The molecule has 0 bridgehead atoms. The molecule has 0 saturated heterocycles. The zero-order valence-electron chi connectivity index (χ0n) is 9.83. The molecule has 0 unspecified atom stereocenters. The van der Waals surface area contributed by atoms with Gasteiger partial charge in [-0.25, -0.2) is 0 Å². The first-order valence-electron chi connectivity index (χ1n) is 5.34. The van der Waals surface area contributed by atoms with Gasteiger partial charge in [0.25, 0.3) is 0 Å². The van der Waals surface area contributed by atoms with Crippen molar-refractivity contribution >= 4 is 23.4 Å². The first-order valence-corrected chi connectivity index (χ1v) is 6.54. The second kappa shape index (κ2) is 5.43. The average Bonchev–Trinajstić information content (AvgIpc) is 2.30. The summed E-state index contributed by atoms with van der Waals surface area (Å²) < 4.78 is 37.1. The molecule has 2 rings (SSSR count). The minimum Gasteiger partial charge on any atom is -0.253 e. The van der Waals surface area contributed by atoms with Crippen molar-refractivity contribution in [3.63, 3.8) is 0 Å². The van der Waals surface area contributed by atoms with Crippen LogP contribution in [0.15, 0.2) is 41.3 Å². The number of pyridine rings is 1. The third kappa shape index (κ3) is 3.88. The zero-order valence-corrected chi connectivity index (χ0v) is 11.4. The lowest BCUT2D eigenvalue weighted by molar-refractivity contribution is -0.0328. The van der Waals surface area contributed by atoms with Crippen LogP contribution in [0.4, 0.5) is 13.2 Å². The van der Waals surface area contributed by atoms with E-state index in [9.17, 15) is 13.2 Å². The molecule has 0 N–H and O–H groups in total. The molecule has 0 saturated carbocycles. The van der Waals surface area contributed by atoms with Crippen molar-refractivity contribution in [2.24, 2.45) is 0 Å². The summed E-state index contributed by atoms with van der Waals surface area (Å²) in [6.07, 6.45) is 0. The highest BCUT2D eigenvalue weighted by atomic mass is 35.5. The summed E-state index contributed by atoms with van der Waals surface area (Å²) in [7, 11) is 0. The van der Waals surface area contributed by atoms with Crippen LogP contribution in [0.3, 0.4) is 0 Å². The van der Waals surface area contributed by atoms with Crippen molar-refractivity contribution in [3.05, 3.63) is 47.1 Å². The quantitative estimate of drug-likeness (QED) is 0.696. The number of halogens is 4. The Labute approximate surface area is 117 Å². The number of alkyl halides is 3. The summed E-state index contributed by atoms with van der Waals surface area (Å²) in [5.41, 5.74) is -2.47. The normalized spacial score (nSPS) is 11.6. The Kier molecular flexibility index (Phi) is 4.06. The molecule has 1 aromatic carbocycles. The van der Waals surface area contributed by atoms with Gasteiger partial charge >= 0.3 is 5.51 Å². The number of hydrogen-bond acceptors (Lipinski definition) is 2. The van der Waals surface area contributed by atoms with E-state index in [0.29, 0.717) is 16.3 Å². The number of benzene rings is 1. The van der Waals surface area contributed by atoms with Gasteiger partial charge in [-0.3, -0.25) is 4.98 Å². The summed E-state index contributed by atoms with van der Waals surface area (Å²) in [6, 6.07) is 9.52. The minimum absolute atomic E-state index is 0.0928. The summed E-state index contributed by atoms with van der Waals surface area (Å²) in [5, 5.41) is 0.379. The van der Waals surface area contributed by atoms with E-state index in [2.05, 4.69) is 4.98 Å². The van der Waals surface area contributed by atoms with E-state index in [-0.39, 0.29) is 16.7 Å². The van der Waals surface area contributed by atoms with Gasteiger partial charge in [-0.05, 0) is 49.0 Å². The van der Waals surface area contributed by atoms with Crippen molar-refractivity contribution in [3.8, 4) is 11.3 Å². The Morgan fingerprint density at radius 3 is 2.53 bits per heavy atom. The standard InChI is InChI=1S/C13H9ClF3NS/c1-8-3-2-4-12(18-8)10-7-9(5-6-11(10)14)19-13(15,16)17/h2-7H,1H3. The van der Waals surface area contributed by atoms with Crippen LogP contribution in [0, 0.1) is 6.92 Å². The van der Waals surface area contributed by atoms with Gasteiger partial charge in [0, 0.05) is 16.2 Å². The van der Waals surface area contributed by atoms with E-state index < -0.39 is 5.51 Å². The van der Waals surface area contributed by atoms with Gasteiger partial charge < -0.3 is 0 Å². The Morgan fingerprint density at radius 2 is 1.89 bits per heavy atom. The number of hydrogen-bond donors (Lipinski definition) is 0. The van der Waals surface area contributed by atoms with E-state index in [1.54, 1.807) is 12.1 Å². The molecule has 0 atom stereocenters. The van der Waals surface area contributed by atoms with Crippen molar-refractivity contribution in [1.82, 2.24) is 4.98 Å². The lowest BCUT2D eigenvalue weighted by Gasteiger charge is -2.09. The molecule has 0 aliphatic rings. The molecule has 1 nitrogen and oxygen atoms in total. The van der Waals surface area contributed by atoms with Gasteiger partial charge in [-0.1, -0.05) is 17.7 Å². The summed E-state index contributed by atoms with van der Waals surface area (Å²) in [6.45, 7) is 1.81. The van der Waals surface area contributed by atoms with Crippen molar-refractivity contribution < 1.29 is 13.2 Å². The van der Waals surface area contributed by atoms with E-state index in [0.717, 1.165) is 5.69 Å². The SMILES string of the molecule is Cc1cccc(-c2cc(SC(F)(F)F)ccc2Cl)n1. The van der Waals surface area contributed by atoms with Crippen LogP contribution >= 0.6 is 23.4 Å². The number of aromatic nitrogens is 1. The van der Waals surface area contributed by atoms with Gasteiger partial charge in [0.2, 0.25) is 0 Å². The van der Waals surface area contributed by atoms with Gasteiger partial charge in [0.1, 0.15) is 0 Å². The number of thioether (sulfide) groups is 1. The molecule has 1 heterocycles. The molecule has 2 aromatic rings. The van der Waals surface area contributed by atoms with Crippen molar-refractivity contribution in [2.45, 2.75) is 17.3 Å². The summed E-state index contributed by atoms with van der Waals surface area (Å²) >= 11 is 5.86. The molecule has 0 radical (unpaired) electrons. The fraction of sp³-hybridized carbons (Fsp3) is 0.154. The maximum absolute atomic E-state index is 12.4. The predicted octanol–water partition coefficient (Wildman–Crippen LogP) is 5.32. The topological polar surface area (TPSA) is 12.9 Å².